The Morgan fingerprint density at radius 2 is 1.77 bits per heavy atom. The molecule has 4 nitrogen and oxygen atoms in total. The van der Waals surface area contributed by atoms with Crippen molar-refractivity contribution in [3.8, 4) is 0 Å². The number of aliphatic hydroxyl groups excluding tert-OH is 1. The lowest BCUT2D eigenvalue weighted by Crippen LogP contribution is -2.34. The third-order valence-electron chi connectivity index (χ3n) is 2.94. The molecule has 0 aromatic rings. The number of carbonyl (C=O) groups is 1. The molecule has 2 heterocycles. The van der Waals surface area contributed by atoms with E-state index in [2.05, 4.69) is 6.58 Å². The van der Waals surface area contributed by atoms with Gasteiger partial charge in [0.1, 0.15) is 0 Å². The van der Waals surface area contributed by atoms with Crippen LogP contribution in [0.4, 0.5) is 0 Å². The molecule has 13 heavy (non-hydrogen) atoms. The largest absolute Gasteiger partial charge is 0.513 e. The highest BCUT2D eigenvalue weighted by molar-refractivity contribution is 5.72. The zero-order valence-electron chi connectivity index (χ0n) is 7.14. The number of aliphatic carboxylic acids is 1. The molecule has 0 saturated carbocycles. The van der Waals surface area contributed by atoms with Crippen LogP contribution in [-0.4, -0.2) is 28.4 Å². The second kappa shape index (κ2) is 2.73. The second-order valence-corrected chi connectivity index (χ2v) is 3.67. The number of carboxylic acid groups (broad SMARTS) is 1. The van der Waals surface area contributed by atoms with Gasteiger partial charge in [0.15, 0.2) is 0 Å². The van der Waals surface area contributed by atoms with Crippen molar-refractivity contribution in [1.29, 1.82) is 0 Å². The Labute approximate surface area is 75.8 Å². The van der Waals surface area contributed by atoms with Crippen molar-refractivity contribution >= 4 is 5.97 Å². The first-order chi connectivity index (χ1) is 6.11. The van der Waals surface area contributed by atoms with Crippen molar-refractivity contribution in [3.63, 3.8) is 0 Å². The van der Waals surface area contributed by atoms with E-state index in [9.17, 15) is 9.90 Å². The summed E-state index contributed by atoms with van der Waals surface area (Å²) in [6.07, 6.45) is 1.25. The summed E-state index contributed by atoms with van der Waals surface area (Å²) in [7, 11) is 0. The van der Waals surface area contributed by atoms with E-state index >= 15 is 0 Å². The number of aliphatic hydroxyl groups is 1. The number of carboxylic acids is 1. The second-order valence-electron chi connectivity index (χ2n) is 3.67. The van der Waals surface area contributed by atoms with Gasteiger partial charge in [-0.2, -0.15) is 0 Å². The van der Waals surface area contributed by atoms with Crippen LogP contribution in [-0.2, 0) is 9.53 Å². The van der Waals surface area contributed by atoms with Crippen LogP contribution in [0.5, 0.6) is 0 Å². The van der Waals surface area contributed by atoms with Crippen molar-refractivity contribution in [2.24, 2.45) is 11.8 Å². The summed E-state index contributed by atoms with van der Waals surface area (Å²) in [5.41, 5.74) is 0. The van der Waals surface area contributed by atoms with E-state index in [1.807, 2.05) is 0 Å². The lowest BCUT2D eigenvalue weighted by Gasteiger charge is -2.23. The fourth-order valence-corrected chi connectivity index (χ4v) is 2.41. The molecular weight excluding hydrogens is 172 g/mol. The van der Waals surface area contributed by atoms with E-state index in [1.54, 1.807) is 0 Å². The highest BCUT2D eigenvalue weighted by atomic mass is 16.5. The van der Waals surface area contributed by atoms with Gasteiger partial charge in [-0.15, -0.1) is 0 Å². The number of fused-ring (bicyclic) bond motifs is 2. The number of hydrogen-bond donors (Lipinski definition) is 2. The summed E-state index contributed by atoms with van der Waals surface area (Å²) >= 11 is 0. The summed E-state index contributed by atoms with van der Waals surface area (Å²) < 4.78 is 5.42. The minimum absolute atomic E-state index is 0.0559. The normalized spacial score (nSPS) is 42.2. The molecule has 2 saturated heterocycles. The predicted octanol–water partition coefficient (Wildman–Crippen LogP) is 0.936. The lowest BCUT2D eigenvalue weighted by molar-refractivity contribution is -0.144. The maximum atomic E-state index is 10.9. The van der Waals surface area contributed by atoms with Crippen LogP contribution in [0.2, 0.25) is 0 Å². The molecule has 2 bridgehead atoms. The number of ether oxygens (including phenoxy) is 1. The van der Waals surface area contributed by atoms with E-state index in [-0.39, 0.29) is 18.0 Å². The Hall–Kier alpha value is -1.03. The quantitative estimate of drug-likeness (QED) is 0.626. The minimum atomic E-state index is -0.896. The van der Waals surface area contributed by atoms with Crippen LogP contribution in [0, 0.1) is 11.8 Å². The molecule has 2 aliphatic rings. The zero-order chi connectivity index (χ0) is 9.59. The van der Waals surface area contributed by atoms with Crippen LogP contribution in [0.1, 0.15) is 12.8 Å². The van der Waals surface area contributed by atoms with Gasteiger partial charge in [-0.05, 0) is 12.8 Å². The van der Waals surface area contributed by atoms with Gasteiger partial charge in [-0.1, -0.05) is 6.58 Å². The third kappa shape index (κ3) is 1.13. The first-order valence-electron chi connectivity index (χ1n) is 4.37. The molecule has 2 aliphatic heterocycles. The fourth-order valence-electron chi connectivity index (χ4n) is 2.41. The third-order valence-corrected chi connectivity index (χ3v) is 2.94. The molecule has 4 heteroatoms. The smallest absolute Gasteiger partial charge is 0.309 e. The summed E-state index contributed by atoms with van der Waals surface area (Å²) in [4.78, 5) is 10.9. The molecule has 4 unspecified atom stereocenters. The van der Waals surface area contributed by atoms with E-state index in [0.29, 0.717) is 0 Å². The van der Waals surface area contributed by atoms with Crippen molar-refractivity contribution in [2.75, 3.05) is 0 Å². The molecule has 0 spiro atoms. The van der Waals surface area contributed by atoms with Crippen LogP contribution >= 0.6 is 0 Å². The topological polar surface area (TPSA) is 66.8 Å². The Bertz CT molecular complexity index is 234. The van der Waals surface area contributed by atoms with Crippen LogP contribution in [0.15, 0.2) is 12.3 Å². The van der Waals surface area contributed by atoms with Crippen molar-refractivity contribution in [3.05, 3.63) is 12.3 Å². The maximum absolute atomic E-state index is 10.9. The summed E-state index contributed by atoms with van der Waals surface area (Å²) in [5, 5.41) is 18.2. The highest BCUT2D eigenvalue weighted by Crippen LogP contribution is 2.45. The molecule has 0 amide bonds. The van der Waals surface area contributed by atoms with E-state index in [0.717, 1.165) is 12.8 Å². The van der Waals surface area contributed by atoms with E-state index < -0.39 is 17.8 Å². The molecule has 4 atom stereocenters. The first kappa shape index (κ1) is 8.56. The van der Waals surface area contributed by atoms with Crippen LogP contribution in [0.25, 0.3) is 0 Å². The average molecular weight is 184 g/mol. The fraction of sp³-hybridized carbons (Fsp3) is 0.667. The molecule has 0 radical (unpaired) electrons. The first-order valence-corrected chi connectivity index (χ1v) is 4.37. The molecule has 2 rings (SSSR count). The summed E-state index contributed by atoms with van der Waals surface area (Å²) in [6.45, 7) is 3.40. The SMILES string of the molecule is C=C(O)C1C2CCC(O2)C1C(=O)O. The lowest BCUT2D eigenvalue weighted by atomic mass is 9.78. The van der Waals surface area contributed by atoms with Gasteiger partial charge in [0.2, 0.25) is 0 Å². The summed E-state index contributed by atoms with van der Waals surface area (Å²) in [5.74, 6) is -1.96. The molecule has 0 aromatic heterocycles. The minimum Gasteiger partial charge on any atom is -0.513 e. The standard InChI is InChI=1S/C9H12O4/c1-4(10)7-5-2-3-6(13-5)8(7)9(11)12/h5-8,10H,1-3H2,(H,11,12). The van der Waals surface area contributed by atoms with Gasteiger partial charge in [-0.3, -0.25) is 4.79 Å². The van der Waals surface area contributed by atoms with Crippen LogP contribution in [0.3, 0.4) is 0 Å². The van der Waals surface area contributed by atoms with E-state index in [1.165, 1.54) is 0 Å². The molecular formula is C9H12O4. The predicted molar refractivity (Wildman–Crippen MR) is 44.3 cm³/mol. The van der Waals surface area contributed by atoms with Gasteiger partial charge in [0, 0.05) is 0 Å². The van der Waals surface area contributed by atoms with Gasteiger partial charge in [0.25, 0.3) is 0 Å². The molecule has 0 aromatic carbocycles. The number of rotatable bonds is 2. The van der Waals surface area contributed by atoms with Crippen molar-refractivity contribution in [1.82, 2.24) is 0 Å². The Morgan fingerprint density at radius 1 is 1.23 bits per heavy atom. The van der Waals surface area contributed by atoms with Gasteiger partial charge in [-0.25, -0.2) is 0 Å². The zero-order valence-corrected chi connectivity index (χ0v) is 7.14. The number of hydrogen-bond acceptors (Lipinski definition) is 3. The van der Waals surface area contributed by atoms with Crippen molar-refractivity contribution in [2.45, 2.75) is 25.0 Å². The molecule has 0 aliphatic carbocycles. The Morgan fingerprint density at radius 3 is 2.15 bits per heavy atom. The van der Waals surface area contributed by atoms with E-state index in [4.69, 9.17) is 9.84 Å². The molecule has 2 fully saturated rings. The van der Waals surface area contributed by atoms with Gasteiger partial charge < -0.3 is 14.9 Å². The summed E-state index contributed by atoms with van der Waals surface area (Å²) in [6, 6.07) is 0. The molecule has 2 N–H and O–H groups in total. The van der Waals surface area contributed by atoms with Gasteiger partial charge >= 0.3 is 5.97 Å². The Kier molecular flexibility index (Phi) is 1.80. The van der Waals surface area contributed by atoms with Crippen molar-refractivity contribution < 1.29 is 19.7 Å². The monoisotopic (exact) mass is 184 g/mol. The maximum Gasteiger partial charge on any atom is 0.309 e. The van der Waals surface area contributed by atoms with Crippen LogP contribution < -0.4 is 0 Å². The molecule has 72 valence electrons. The Balaban J connectivity index is 2.24. The highest BCUT2D eigenvalue weighted by Gasteiger charge is 2.53. The average Bonchev–Trinajstić information content (AvgIpc) is 2.60. The van der Waals surface area contributed by atoms with Gasteiger partial charge in [0.05, 0.1) is 29.8 Å².